The van der Waals surface area contributed by atoms with Gasteiger partial charge in [0, 0.05) is 27.6 Å². The summed E-state index contributed by atoms with van der Waals surface area (Å²) in [6, 6.07) is 10.4. The molecule has 0 aliphatic rings. The molecule has 0 aliphatic carbocycles. The number of benzene rings is 1. The summed E-state index contributed by atoms with van der Waals surface area (Å²) in [5.74, 6) is 1.00. The SMILES string of the molecule is CCSc1cccc(NCCc2ccc(Br)s2)c1C(N)=S. The lowest BCUT2D eigenvalue weighted by molar-refractivity contribution is 1.04. The monoisotopic (exact) mass is 400 g/mol. The largest absolute Gasteiger partial charge is 0.389 e. The van der Waals surface area contributed by atoms with Crippen LogP contribution in [-0.4, -0.2) is 17.3 Å². The Kier molecular flexibility index (Phi) is 6.54. The van der Waals surface area contributed by atoms with Crippen molar-refractivity contribution in [2.24, 2.45) is 5.73 Å². The zero-order chi connectivity index (χ0) is 15.2. The summed E-state index contributed by atoms with van der Waals surface area (Å²) in [6.45, 7) is 2.99. The number of nitrogens with one attached hydrogen (secondary N) is 1. The van der Waals surface area contributed by atoms with E-state index in [-0.39, 0.29) is 0 Å². The van der Waals surface area contributed by atoms with Crippen LogP contribution in [0.1, 0.15) is 17.4 Å². The van der Waals surface area contributed by atoms with Gasteiger partial charge in [0.05, 0.1) is 3.79 Å². The van der Waals surface area contributed by atoms with E-state index in [9.17, 15) is 0 Å². The van der Waals surface area contributed by atoms with Crippen LogP contribution in [0.3, 0.4) is 0 Å². The van der Waals surface area contributed by atoms with Gasteiger partial charge in [-0.05, 0) is 52.4 Å². The summed E-state index contributed by atoms with van der Waals surface area (Å²) in [5.41, 5.74) is 7.89. The first kappa shape index (κ1) is 16.8. The number of hydrogen-bond acceptors (Lipinski definition) is 4. The first-order valence-corrected chi connectivity index (χ1v) is 9.66. The number of hydrogen-bond donors (Lipinski definition) is 2. The molecule has 0 amide bonds. The number of nitrogens with two attached hydrogens (primary N) is 1. The molecule has 1 aromatic carbocycles. The van der Waals surface area contributed by atoms with Crippen LogP contribution in [0.2, 0.25) is 0 Å². The van der Waals surface area contributed by atoms with Gasteiger partial charge in [-0.1, -0.05) is 25.2 Å². The Bertz CT molecular complexity index is 625. The highest BCUT2D eigenvalue weighted by Crippen LogP contribution is 2.29. The second-order valence-corrected chi connectivity index (χ2v) is 8.65. The third-order valence-electron chi connectivity index (χ3n) is 2.89. The summed E-state index contributed by atoms with van der Waals surface area (Å²) in [5, 5.41) is 3.46. The van der Waals surface area contributed by atoms with Gasteiger partial charge in [-0.25, -0.2) is 0 Å². The average molecular weight is 401 g/mol. The number of thioether (sulfide) groups is 1. The van der Waals surface area contributed by atoms with Crippen molar-refractivity contribution in [2.45, 2.75) is 18.2 Å². The molecule has 0 unspecified atom stereocenters. The number of anilines is 1. The summed E-state index contributed by atoms with van der Waals surface area (Å²) < 4.78 is 1.17. The second-order valence-electron chi connectivity index (χ2n) is 4.36. The van der Waals surface area contributed by atoms with Crippen molar-refractivity contribution in [1.29, 1.82) is 0 Å². The third-order valence-corrected chi connectivity index (χ3v) is 5.72. The van der Waals surface area contributed by atoms with E-state index in [1.165, 1.54) is 8.66 Å². The molecule has 0 saturated carbocycles. The molecule has 0 bridgehead atoms. The van der Waals surface area contributed by atoms with Crippen LogP contribution in [0.4, 0.5) is 5.69 Å². The van der Waals surface area contributed by atoms with Crippen molar-refractivity contribution in [3.05, 3.63) is 44.6 Å². The Hall–Kier alpha value is -0.560. The van der Waals surface area contributed by atoms with Gasteiger partial charge >= 0.3 is 0 Å². The zero-order valence-electron chi connectivity index (χ0n) is 11.7. The molecule has 3 N–H and O–H groups in total. The van der Waals surface area contributed by atoms with Crippen molar-refractivity contribution < 1.29 is 0 Å². The maximum Gasteiger partial charge on any atom is 0.107 e. The van der Waals surface area contributed by atoms with Crippen molar-refractivity contribution >= 4 is 61.9 Å². The van der Waals surface area contributed by atoms with E-state index in [2.05, 4.69) is 46.4 Å². The number of halogens is 1. The summed E-state index contributed by atoms with van der Waals surface area (Å²) in [7, 11) is 0. The standard InChI is InChI=1S/C15H17BrN2S3/c1-2-20-12-5-3-4-11(14(12)15(17)19)18-9-8-10-6-7-13(16)21-10/h3-7,18H,2,8-9H2,1H3,(H2,17,19). The fourth-order valence-electron chi connectivity index (χ4n) is 2.01. The lowest BCUT2D eigenvalue weighted by atomic mass is 10.1. The number of rotatable bonds is 7. The van der Waals surface area contributed by atoms with Crippen LogP contribution in [0.5, 0.6) is 0 Å². The van der Waals surface area contributed by atoms with Crippen LogP contribution < -0.4 is 11.1 Å². The minimum atomic E-state index is 0.452. The minimum Gasteiger partial charge on any atom is -0.389 e. The molecule has 0 saturated heterocycles. The normalized spacial score (nSPS) is 10.6. The van der Waals surface area contributed by atoms with Crippen LogP contribution in [0.15, 0.2) is 39.0 Å². The smallest absolute Gasteiger partial charge is 0.107 e. The maximum atomic E-state index is 5.91. The average Bonchev–Trinajstić information content (AvgIpc) is 2.85. The molecule has 1 heterocycles. The Labute approximate surface area is 147 Å². The third kappa shape index (κ3) is 4.71. The first-order valence-electron chi connectivity index (χ1n) is 6.65. The van der Waals surface area contributed by atoms with Gasteiger partial charge in [0.15, 0.2) is 0 Å². The fraction of sp³-hybridized carbons (Fsp3) is 0.267. The zero-order valence-corrected chi connectivity index (χ0v) is 15.7. The van der Waals surface area contributed by atoms with E-state index in [0.29, 0.717) is 4.99 Å². The number of thiocarbonyl (C=S) groups is 1. The first-order chi connectivity index (χ1) is 10.1. The predicted molar refractivity (Wildman–Crippen MR) is 103 cm³/mol. The second kappa shape index (κ2) is 8.17. The minimum absolute atomic E-state index is 0.452. The van der Waals surface area contributed by atoms with Gasteiger partial charge < -0.3 is 11.1 Å². The molecule has 21 heavy (non-hydrogen) atoms. The van der Waals surface area contributed by atoms with Crippen LogP contribution in [0.25, 0.3) is 0 Å². The summed E-state index contributed by atoms with van der Waals surface area (Å²) >= 11 is 12.2. The molecule has 0 aliphatic heterocycles. The highest BCUT2D eigenvalue weighted by Gasteiger charge is 2.11. The van der Waals surface area contributed by atoms with Crippen molar-refractivity contribution in [1.82, 2.24) is 0 Å². The van der Waals surface area contributed by atoms with E-state index in [1.807, 2.05) is 12.1 Å². The Balaban J connectivity index is 2.08. The number of thiophene rings is 1. The molecule has 112 valence electrons. The lowest BCUT2D eigenvalue weighted by Gasteiger charge is -2.14. The maximum absolute atomic E-state index is 5.91. The predicted octanol–water partition coefficient (Wildman–Crippen LogP) is 4.91. The van der Waals surface area contributed by atoms with Gasteiger partial charge in [-0.3, -0.25) is 0 Å². The molecular formula is C15H17BrN2S3. The van der Waals surface area contributed by atoms with Gasteiger partial charge in [-0.15, -0.1) is 23.1 Å². The molecule has 1 aromatic heterocycles. The molecule has 0 spiro atoms. The fourth-order valence-corrected chi connectivity index (χ4v) is 4.63. The molecule has 0 radical (unpaired) electrons. The van der Waals surface area contributed by atoms with Crippen molar-refractivity contribution in [2.75, 3.05) is 17.6 Å². The molecule has 0 fully saturated rings. The van der Waals surface area contributed by atoms with E-state index in [0.717, 1.165) is 34.9 Å². The molecule has 2 rings (SSSR count). The quantitative estimate of drug-likeness (QED) is 0.511. The van der Waals surface area contributed by atoms with E-state index >= 15 is 0 Å². The van der Waals surface area contributed by atoms with Gasteiger partial charge in [0.25, 0.3) is 0 Å². The van der Waals surface area contributed by atoms with E-state index in [1.54, 1.807) is 23.1 Å². The van der Waals surface area contributed by atoms with Gasteiger partial charge in [-0.2, -0.15) is 0 Å². The van der Waals surface area contributed by atoms with E-state index in [4.69, 9.17) is 18.0 Å². The summed E-state index contributed by atoms with van der Waals surface area (Å²) in [6.07, 6.45) is 0.984. The van der Waals surface area contributed by atoms with Crippen molar-refractivity contribution in [3.8, 4) is 0 Å². The summed E-state index contributed by atoms with van der Waals surface area (Å²) in [4.78, 5) is 2.95. The van der Waals surface area contributed by atoms with E-state index < -0.39 is 0 Å². The molecule has 2 aromatic rings. The van der Waals surface area contributed by atoms with Gasteiger partial charge in [0.2, 0.25) is 0 Å². The molecule has 0 atom stereocenters. The lowest BCUT2D eigenvalue weighted by Crippen LogP contribution is -2.15. The molecule has 2 nitrogen and oxygen atoms in total. The Morgan fingerprint density at radius 3 is 2.81 bits per heavy atom. The molecule has 6 heteroatoms. The molecular weight excluding hydrogens is 384 g/mol. The van der Waals surface area contributed by atoms with Crippen LogP contribution in [-0.2, 0) is 6.42 Å². The van der Waals surface area contributed by atoms with Crippen LogP contribution in [0, 0.1) is 0 Å². The topological polar surface area (TPSA) is 38.0 Å². The van der Waals surface area contributed by atoms with Crippen molar-refractivity contribution in [3.63, 3.8) is 0 Å². The van der Waals surface area contributed by atoms with Crippen LogP contribution >= 0.6 is 51.2 Å². The Morgan fingerprint density at radius 2 is 2.19 bits per heavy atom. The highest BCUT2D eigenvalue weighted by atomic mass is 79.9. The highest BCUT2D eigenvalue weighted by molar-refractivity contribution is 9.11. The van der Waals surface area contributed by atoms with Gasteiger partial charge in [0.1, 0.15) is 4.99 Å². The Morgan fingerprint density at radius 1 is 1.38 bits per heavy atom.